The van der Waals surface area contributed by atoms with E-state index in [1.54, 1.807) is 6.07 Å². The summed E-state index contributed by atoms with van der Waals surface area (Å²) in [6.45, 7) is 4.73. The fourth-order valence-electron chi connectivity index (χ4n) is 3.20. The van der Waals surface area contributed by atoms with Crippen molar-refractivity contribution < 1.29 is 14.3 Å². The molecule has 136 valence electrons. The number of carbonyl (C=O) groups excluding carboxylic acids is 1. The molecule has 1 fully saturated rings. The Labute approximate surface area is 152 Å². The molecule has 1 N–H and O–H groups in total. The molecule has 2 aliphatic rings. The third-order valence-electron chi connectivity index (χ3n) is 4.66. The highest BCUT2D eigenvalue weighted by molar-refractivity contribution is 5.91. The SMILES string of the molecule is O=C(CCN1CCN(c2ccccn2)CC1)Nc1ccc2c(c1)OCO2. The molecule has 1 aromatic carbocycles. The predicted octanol–water partition coefficient (Wildman–Crippen LogP) is 1.96. The van der Waals surface area contributed by atoms with Crippen molar-refractivity contribution in [2.24, 2.45) is 0 Å². The lowest BCUT2D eigenvalue weighted by Crippen LogP contribution is -2.47. The average Bonchev–Trinajstić information content (AvgIpc) is 3.15. The Bertz CT molecular complexity index is 761. The van der Waals surface area contributed by atoms with Crippen LogP contribution in [0.25, 0.3) is 0 Å². The van der Waals surface area contributed by atoms with Crippen LogP contribution in [0.1, 0.15) is 6.42 Å². The molecule has 1 saturated heterocycles. The number of carbonyl (C=O) groups is 1. The van der Waals surface area contributed by atoms with Gasteiger partial charge in [0, 0.05) is 57.1 Å². The van der Waals surface area contributed by atoms with Crippen molar-refractivity contribution >= 4 is 17.4 Å². The van der Waals surface area contributed by atoms with Gasteiger partial charge < -0.3 is 19.7 Å². The van der Waals surface area contributed by atoms with E-state index in [9.17, 15) is 4.79 Å². The fraction of sp³-hybridized carbons (Fsp3) is 0.368. The number of benzene rings is 1. The summed E-state index contributed by atoms with van der Waals surface area (Å²) in [6.07, 6.45) is 2.29. The minimum atomic E-state index is 0.0102. The highest BCUT2D eigenvalue weighted by Crippen LogP contribution is 2.34. The Morgan fingerprint density at radius 2 is 1.92 bits per heavy atom. The van der Waals surface area contributed by atoms with Gasteiger partial charge in [-0.15, -0.1) is 0 Å². The van der Waals surface area contributed by atoms with Crippen LogP contribution in [0.4, 0.5) is 11.5 Å². The molecule has 0 aliphatic carbocycles. The van der Waals surface area contributed by atoms with Gasteiger partial charge in [0.2, 0.25) is 12.7 Å². The quantitative estimate of drug-likeness (QED) is 0.885. The maximum atomic E-state index is 12.2. The summed E-state index contributed by atoms with van der Waals surface area (Å²) in [5, 5.41) is 2.92. The van der Waals surface area contributed by atoms with Crippen molar-refractivity contribution in [3.05, 3.63) is 42.6 Å². The predicted molar refractivity (Wildman–Crippen MR) is 98.7 cm³/mol. The molecule has 3 heterocycles. The molecule has 7 nitrogen and oxygen atoms in total. The summed E-state index contributed by atoms with van der Waals surface area (Å²) in [7, 11) is 0. The van der Waals surface area contributed by atoms with E-state index in [0.717, 1.165) is 44.2 Å². The number of aromatic nitrogens is 1. The van der Waals surface area contributed by atoms with E-state index >= 15 is 0 Å². The van der Waals surface area contributed by atoms with Crippen LogP contribution in [-0.4, -0.2) is 55.3 Å². The third-order valence-corrected chi connectivity index (χ3v) is 4.66. The van der Waals surface area contributed by atoms with E-state index in [-0.39, 0.29) is 12.7 Å². The number of piperazine rings is 1. The Kier molecular flexibility index (Phi) is 4.88. The molecular weight excluding hydrogens is 332 g/mol. The number of nitrogens with one attached hydrogen (secondary N) is 1. The number of pyridine rings is 1. The molecule has 4 rings (SSSR count). The van der Waals surface area contributed by atoms with Crippen molar-refractivity contribution in [1.29, 1.82) is 0 Å². The molecule has 1 aromatic heterocycles. The Morgan fingerprint density at radius 3 is 2.73 bits per heavy atom. The first-order valence-corrected chi connectivity index (χ1v) is 8.86. The molecular formula is C19H22N4O3. The van der Waals surface area contributed by atoms with Crippen LogP contribution in [0.15, 0.2) is 42.6 Å². The zero-order valence-corrected chi connectivity index (χ0v) is 14.6. The van der Waals surface area contributed by atoms with Crippen molar-refractivity contribution in [3.63, 3.8) is 0 Å². The zero-order chi connectivity index (χ0) is 17.8. The summed E-state index contributed by atoms with van der Waals surface area (Å²) in [6, 6.07) is 11.4. The number of hydrogen-bond acceptors (Lipinski definition) is 6. The van der Waals surface area contributed by atoms with Crippen LogP contribution in [0.5, 0.6) is 11.5 Å². The molecule has 0 bridgehead atoms. The fourth-order valence-corrected chi connectivity index (χ4v) is 3.20. The second-order valence-corrected chi connectivity index (χ2v) is 6.38. The van der Waals surface area contributed by atoms with Crippen LogP contribution in [-0.2, 0) is 4.79 Å². The number of ether oxygens (including phenoxy) is 2. The molecule has 7 heteroatoms. The van der Waals surface area contributed by atoms with E-state index in [1.165, 1.54) is 0 Å². The first-order chi connectivity index (χ1) is 12.8. The van der Waals surface area contributed by atoms with E-state index in [4.69, 9.17) is 9.47 Å². The highest BCUT2D eigenvalue weighted by Gasteiger charge is 2.19. The number of anilines is 2. The summed E-state index contributed by atoms with van der Waals surface area (Å²) in [5.74, 6) is 2.42. The highest BCUT2D eigenvalue weighted by atomic mass is 16.7. The van der Waals surface area contributed by atoms with Gasteiger partial charge in [0.25, 0.3) is 0 Å². The van der Waals surface area contributed by atoms with Gasteiger partial charge in [0.05, 0.1) is 0 Å². The number of rotatable bonds is 5. The lowest BCUT2D eigenvalue weighted by Gasteiger charge is -2.35. The Balaban J connectivity index is 1.22. The lowest BCUT2D eigenvalue weighted by atomic mass is 10.2. The van der Waals surface area contributed by atoms with Crippen molar-refractivity contribution in [2.45, 2.75) is 6.42 Å². The second kappa shape index (κ2) is 7.61. The lowest BCUT2D eigenvalue weighted by molar-refractivity contribution is -0.116. The molecule has 2 aromatic rings. The van der Waals surface area contributed by atoms with Gasteiger partial charge in [0.15, 0.2) is 11.5 Å². The van der Waals surface area contributed by atoms with Crippen LogP contribution < -0.4 is 19.7 Å². The topological polar surface area (TPSA) is 66.9 Å². The third kappa shape index (κ3) is 3.88. The maximum absolute atomic E-state index is 12.2. The smallest absolute Gasteiger partial charge is 0.231 e. The number of hydrogen-bond donors (Lipinski definition) is 1. The minimum Gasteiger partial charge on any atom is -0.454 e. The molecule has 26 heavy (non-hydrogen) atoms. The minimum absolute atomic E-state index is 0.0102. The van der Waals surface area contributed by atoms with Gasteiger partial charge in [-0.2, -0.15) is 0 Å². The molecule has 2 aliphatic heterocycles. The van der Waals surface area contributed by atoms with E-state index in [0.29, 0.717) is 17.9 Å². The second-order valence-electron chi connectivity index (χ2n) is 6.38. The van der Waals surface area contributed by atoms with Crippen LogP contribution >= 0.6 is 0 Å². The van der Waals surface area contributed by atoms with E-state index in [1.807, 2.05) is 36.5 Å². The first kappa shape index (κ1) is 16.7. The Morgan fingerprint density at radius 1 is 1.08 bits per heavy atom. The molecule has 1 amide bonds. The Hall–Kier alpha value is -2.80. The summed E-state index contributed by atoms with van der Waals surface area (Å²) in [4.78, 5) is 21.2. The standard InChI is InChI=1S/C19H22N4O3/c24-19(21-15-4-5-16-17(13-15)26-14-25-16)6-8-22-9-11-23(12-10-22)18-3-1-2-7-20-18/h1-5,7,13H,6,8-12,14H2,(H,21,24). The van der Waals surface area contributed by atoms with Crippen LogP contribution in [0.3, 0.4) is 0 Å². The van der Waals surface area contributed by atoms with Gasteiger partial charge in [0.1, 0.15) is 5.82 Å². The van der Waals surface area contributed by atoms with Gasteiger partial charge >= 0.3 is 0 Å². The molecule has 0 saturated carbocycles. The van der Waals surface area contributed by atoms with Crippen molar-refractivity contribution in [3.8, 4) is 11.5 Å². The van der Waals surface area contributed by atoms with Gasteiger partial charge in [-0.25, -0.2) is 4.98 Å². The van der Waals surface area contributed by atoms with Crippen LogP contribution in [0.2, 0.25) is 0 Å². The number of nitrogens with zero attached hydrogens (tertiary/aromatic N) is 3. The molecule has 0 atom stereocenters. The maximum Gasteiger partial charge on any atom is 0.231 e. The summed E-state index contributed by atoms with van der Waals surface area (Å²) >= 11 is 0. The first-order valence-electron chi connectivity index (χ1n) is 8.86. The molecule has 0 spiro atoms. The van der Waals surface area contributed by atoms with Gasteiger partial charge in [-0.3, -0.25) is 9.69 Å². The largest absolute Gasteiger partial charge is 0.454 e. The summed E-state index contributed by atoms with van der Waals surface area (Å²) in [5.41, 5.74) is 0.735. The van der Waals surface area contributed by atoms with Crippen LogP contribution in [0, 0.1) is 0 Å². The van der Waals surface area contributed by atoms with Gasteiger partial charge in [-0.1, -0.05) is 6.07 Å². The molecule has 0 radical (unpaired) electrons. The normalized spacial score (nSPS) is 16.5. The molecule has 0 unspecified atom stereocenters. The van der Waals surface area contributed by atoms with E-state index in [2.05, 4.69) is 20.1 Å². The average molecular weight is 354 g/mol. The van der Waals surface area contributed by atoms with Gasteiger partial charge in [-0.05, 0) is 24.3 Å². The number of amides is 1. The number of fused-ring (bicyclic) bond motifs is 1. The van der Waals surface area contributed by atoms with Crippen molar-refractivity contribution in [2.75, 3.05) is 49.7 Å². The summed E-state index contributed by atoms with van der Waals surface area (Å²) < 4.78 is 10.6. The van der Waals surface area contributed by atoms with E-state index < -0.39 is 0 Å². The monoisotopic (exact) mass is 354 g/mol. The van der Waals surface area contributed by atoms with Crippen molar-refractivity contribution in [1.82, 2.24) is 9.88 Å². The zero-order valence-electron chi connectivity index (χ0n) is 14.6.